The molecule has 1 aliphatic heterocycles. The molecule has 0 bridgehead atoms. The molecule has 0 aromatic carbocycles. The first-order chi connectivity index (χ1) is 12.6. The highest BCUT2D eigenvalue weighted by Crippen LogP contribution is 2.23. The number of hydrogen-bond acceptors (Lipinski definition) is 7. The standard InChI is InChI=1S/C16H19ClN8O/c1-24-10-11(7-21-24)22-16-20-9-13(17)15(23-16)19-8-12-3-2-6-25(12)14(26)4-5-18/h7,9-10,12H,2-4,6,8H2,1H3,(H2,19,20,22,23). The third-order valence-electron chi connectivity index (χ3n) is 4.14. The molecular weight excluding hydrogens is 356 g/mol. The smallest absolute Gasteiger partial charge is 0.237 e. The molecule has 2 aromatic heterocycles. The molecule has 1 saturated heterocycles. The van der Waals surface area contributed by atoms with Crippen LogP contribution in [0.15, 0.2) is 18.6 Å². The van der Waals surface area contributed by atoms with E-state index in [0.29, 0.717) is 29.9 Å². The second-order valence-electron chi connectivity index (χ2n) is 6.02. The molecule has 1 atom stereocenters. The SMILES string of the molecule is Cn1cc(Nc2ncc(Cl)c(NCC3CCCN3C(=O)CC#N)n2)cn1. The first kappa shape index (κ1) is 17.9. The Morgan fingerprint density at radius 2 is 2.35 bits per heavy atom. The van der Waals surface area contributed by atoms with Gasteiger partial charge in [0.25, 0.3) is 0 Å². The van der Waals surface area contributed by atoms with E-state index >= 15 is 0 Å². The molecule has 0 aliphatic carbocycles. The van der Waals surface area contributed by atoms with Gasteiger partial charge in [-0.1, -0.05) is 11.6 Å². The molecular formula is C16H19ClN8O. The molecule has 3 heterocycles. The normalized spacial score (nSPS) is 16.3. The summed E-state index contributed by atoms with van der Waals surface area (Å²) >= 11 is 6.18. The Labute approximate surface area is 156 Å². The van der Waals surface area contributed by atoms with E-state index in [1.807, 2.05) is 19.3 Å². The van der Waals surface area contributed by atoms with Crippen LogP contribution in [-0.2, 0) is 11.8 Å². The van der Waals surface area contributed by atoms with E-state index in [1.165, 1.54) is 6.20 Å². The summed E-state index contributed by atoms with van der Waals surface area (Å²) < 4.78 is 1.67. The molecule has 2 aromatic rings. The third-order valence-corrected chi connectivity index (χ3v) is 4.41. The van der Waals surface area contributed by atoms with E-state index in [-0.39, 0.29) is 18.4 Å². The lowest BCUT2D eigenvalue weighted by molar-refractivity contribution is -0.130. The number of likely N-dealkylation sites (tertiary alicyclic amines) is 1. The number of carbonyl (C=O) groups is 1. The lowest BCUT2D eigenvalue weighted by Crippen LogP contribution is -2.39. The summed E-state index contributed by atoms with van der Waals surface area (Å²) in [6.45, 7) is 1.19. The van der Waals surface area contributed by atoms with Crippen LogP contribution in [0.2, 0.25) is 5.02 Å². The summed E-state index contributed by atoms with van der Waals surface area (Å²) in [5, 5.41) is 19.4. The number of rotatable bonds is 6. The molecule has 1 aliphatic rings. The van der Waals surface area contributed by atoms with Crippen LogP contribution >= 0.6 is 11.6 Å². The molecule has 1 unspecified atom stereocenters. The van der Waals surface area contributed by atoms with Crippen molar-refractivity contribution < 1.29 is 4.79 Å². The Morgan fingerprint density at radius 1 is 1.50 bits per heavy atom. The first-order valence-corrected chi connectivity index (χ1v) is 8.63. The second kappa shape index (κ2) is 8.01. The summed E-state index contributed by atoms with van der Waals surface area (Å²) in [5.74, 6) is 0.755. The van der Waals surface area contributed by atoms with Crippen LogP contribution < -0.4 is 10.6 Å². The van der Waals surface area contributed by atoms with E-state index in [1.54, 1.807) is 15.8 Å². The summed E-state index contributed by atoms with van der Waals surface area (Å²) in [5.41, 5.74) is 0.768. The van der Waals surface area contributed by atoms with Crippen LogP contribution in [-0.4, -0.2) is 49.7 Å². The summed E-state index contributed by atoms with van der Waals surface area (Å²) in [6.07, 6.45) is 6.71. The zero-order valence-electron chi connectivity index (χ0n) is 14.3. The largest absolute Gasteiger partial charge is 0.367 e. The van der Waals surface area contributed by atoms with E-state index < -0.39 is 0 Å². The predicted octanol–water partition coefficient (Wildman–Crippen LogP) is 1.92. The highest BCUT2D eigenvalue weighted by molar-refractivity contribution is 6.32. The second-order valence-corrected chi connectivity index (χ2v) is 6.42. The van der Waals surface area contributed by atoms with Gasteiger partial charge >= 0.3 is 0 Å². The maximum atomic E-state index is 12.0. The Morgan fingerprint density at radius 3 is 3.08 bits per heavy atom. The Balaban J connectivity index is 1.65. The molecule has 1 amide bonds. The van der Waals surface area contributed by atoms with Crippen molar-refractivity contribution in [1.82, 2.24) is 24.6 Å². The monoisotopic (exact) mass is 374 g/mol. The van der Waals surface area contributed by atoms with Crippen molar-refractivity contribution >= 4 is 35.0 Å². The average molecular weight is 375 g/mol. The van der Waals surface area contributed by atoms with E-state index in [0.717, 1.165) is 18.5 Å². The number of nitriles is 1. The van der Waals surface area contributed by atoms with Crippen molar-refractivity contribution in [3.63, 3.8) is 0 Å². The Bertz CT molecular complexity index is 830. The summed E-state index contributed by atoms with van der Waals surface area (Å²) in [6, 6.07) is 1.94. The van der Waals surface area contributed by atoms with Gasteiger partial charge in [-0.15, -0.1) is 0 Å². The van der Waals surface area contributed by atoms with Crippen LogP contribution in [0.3, 0.4) is 0 Å². The van der Waals surface area contributed by atoms with Gasteiger partial charge in [-0.2, -0.15) is 15.3 Å². The van der Waals surface area contributed by atoms with Crippen LogP contribution in [0.4, 0.5) is 17.5 Å². The number of nitrogens with zero attached hydrogens (tertiary/aromatic N) is 6. The van der Waals surface area contributed by atoms with Gasteiger partial charge < -0.3 is 15.5 Å². The minimum atomic E-state index is -0.135. The minimum absolute atomic E-state index is 0.0246. The maximum absolute atomic E-state index is 12.0. The molecule has 0 spiro atoms. The van der Waals surface area contributed by atoms with Crippen LogP contribution in [0.25, 0.3) is 0 Å². The number of aromatic nitrogens is 4. The molecule has 3 rings (SSSR count). The Kier molecular flexibility index (Phi) is 5.53. The number of aryl methyl sites for hydroxylation is 1. The number of carbonyl (C=O) groups excluding carboxylic acids is 1. The fourth-order valence-corrected chi connectivity index (χ4v) is 3.08. The quantitative estimate of drug-likeness (QED) is 0.794. The van der Waals surface area contributed by atoms with Crippen molar-refractivity contribution in [3.8, 4) is 6.07 Å². The topological polar surface area (TPSA) is 112 Å². The first-order valence-electron chi connectivity index (χ1n) is 8.25. The number of nitrogens with one attached hydrogen (secondary N) is 2. The minimum Gasteiger partial charge on any atom is -0.367 e. The fraction of sp³-hybridized carbons (Fsp3) is 0.438. The van der Waals surface area contributed by atoms with Gasteiger partial charge in [0.1, 0.15) is 11.4 Å². The van der Waals surface area contributed by atoms with Crippen molar-refractivity contribution in [3.05, 3.63) is 23.6 Å². The number of anilines is 3. The maximum Gasteiger partial charge on any atom is 0.237 e. The summed E-state index contributed by atoms with van der Waals surface area (Å²) in [4.78, 5) is 22.3. The lowest BCUT2D eigenvalue weighted by atomic mass is 10.2. The van der Waals surface area contributed by atoms with Crippen molar-refractivity contribution in [2.45, 2.75) is 25.3 Å². The van der Waals surface area contributed by atoms with E-state index in [4.69, 9.17) is 16.9 Å². The number of hydrogen-bond donors (Lipinski definition) is 2. The van der Waals surface area contributed by atoms with Crippen molar-refractivity contribution in [2.24, 2.45) is 7.05 Å². The molecule has 26 heavy (non-hydrogen) atoms. The van der Waals surface area contributed by atoms with Gasteiger partial charge in [0, 0.05) is 32.4 Å². The van der Waals surface area contributed by atoms with Crippen molar-refractivity contribution in [1.29, 1.82) is 5.26 Å². The van der Waals surface area contributed by atoms with Crippen LogP contribution in [0.1, 0.15) is 19.3 Å². The van der Waals surface area contributed by atoms with Gasteiger partial charge in [-0.3, -0.25) is 9.48 Å². The number of amides is 1. The highest BCUT2D eigenvalue weighted by Gasteiger charge is 2.28. The van der Waals surface area contributed by atoms with Crippen molar-refractivity contribution in [2.75, 3.05) is 23.7 Å². The lowest BCUT2D eigenvalue weighted by Gasteiger charge is -2.24. The predicted molar refractivity (Wildman–Crippen MR) is 97.0 cm³/mol. The average Bonchev–Trinajstić information content (AvgIpc) is 3.24. The fourth-order valence-electron chi connectivity index (χ4n) is 2.93. The third kappa shape index (κ3) is 4.21. The zero-order chi connectivity index (χ0) is 18.5. The molecule has 136 valence electrons. The molecule has 1 fully saturated rings. The van der Waals surface area contributed by atoms with E-state index in [9.17, 15) is 4.79 Å². The van der Waals surface area contributed by atoms with Gasteiger partial charge in [0.2, 0.25) is 11.9 Å². The van der Waals surface area contributed by atoms with Gasteiger partial charge in [0.15, 0.2) is 5.82 Å². The van der Waals surface area contributed by atoms with Gasteiger partial charge in [-0.05, 0) is 12.8 Å². The highest BCUT2D eigenvalue weighted by atomic mass is 35.5. The molecule has 0 radical (unpaired) electrons. The van der Waals surface area contributed by atoms with E-state index in [2.05, 4.69) is 25.7 Å². The van der Waals surface area contributed by atoms with Crippen LogP contribution in [0, 0.1) is 11.3 Å². The van der Waals surface area contributed by atoms with Gasteiger partial charge in [-0.25, -0.2) is 4.98 Å². The molecule has 0 saturated carbocycles. The summed E-state index contributed by atoms with van der Waals surface area (Å²) in [7, 11) is 1.82. The van der Waals surface area contributed by atoms with Gasteiger partial charge in [0.05, 0.1) is 24.2 Å². The zero-order valence-corrected chi connectivity index (χ0v) is 15.1. The Hall–Kier alpha value is -2.86. The van der Waals surface area contributed by atoms with Crippen LogP contribution in [0.5, 0.6) is 0 Å². The molecule has 9 nitrogen and oxygen atoms in total. The number of halogens is 1. The molecule has 10 heteroatoms. The molecule has 2 N–H and O–H groups in total.